The van der Waals surface area contributed by atoms with Gasteiger partial charge in [-0.3, -0.25) is 4.79 Å². The smallest absolute Gasteiger partial charge is 0.339 e. The number of benzene rings is 2. The number of carbonyl (C=O) groups excluding carboxylic acids is 2. The van der Waals surface area contributed by atoms with E-state index in [9.17, 15) is 9.59 Å². The number of hydrogen-bond acceptors (Lipinski definition) is 6. The van der Waals surface area contributed by atoms with Crippen molar-refractivity contribution in [2.45, 2.75) is 0 Å². The summed E-state index contributed by atoms with van der Waals surface area (Å²) in [5.41, 5.74) is 1.49. The van der Waals surface area contributed by atoms with Crippen LogP contribution in [-0.2, 0) is 9.53 Å². The zero-order valence-electron chi connectivity index (χ0n) is 16.2. The lowest BCUT2D eigenvalue weighted by Gasteiger charge is -2.14. The third kappa shape index (κ3) is 4.75. The first-order valence-corrected chi connectivity index (χ1v) is 9.14. The molecule has 1 amide bonds. The summed E-state index contributed by atoms with van der Waals surface area (Å²) in [5, 5.41) is 3.65. The Kier molecular flexibility index (Phi) is 6.19. The van der Waals surface area contributed by atoms with E-state index in [0.29, 0.717) is 38.7 Å². The number of amides is 1. The van der Waals surface area contributed by atoms with Gasteiger partial charge in [0, 0.05) is 25.2 Å². The van der Waals surface area contributed by atoms with Gasteiger partial charge in [-0.25, -0.2) is 9.78 Å². The second-order valence-corrected chi connectivity index (χ2v) is 6.82. The number of nitrogens with one attached hydrogen (secondary N) is 1. The summed E-state index contributed by atoms with van der Waals surface area (Å²) in [5.74, 6) is 0.0331. The van der Waals surface area contributed by atoms with Crippen molar-refractivity contribution in [2.24, 2.45) is 0 Å². The van der Waals surface area contributed by atoms with Crippen LogP contribution in [0.4, 0.5) is 11.5 Å². The van der Waals surface area contributed by atoms with Crippen LogP contribution < -0.4 is 15.0 Å². The average Bonchev–Trinajstić information content (AvgIpc) is 2.71. The van der Waals surface area contributed by atoms with E-state index in [2.05, 4.69) is 10.3 Å². The van der Waals surface area contributed by atoms with E-state index < -0.39 is 18.5 Å². The first-order chi connectivity index (χ1) is 13.9. The van der Waals surface area contributed by atoms with E-state index in [1.807, 2.05) is 32.3 Å². The molecule has 150 valence electrons. The number of halogens is 1. The molecule has 29 heavy (non-hydrogen) atoms. The van der Waals surface area contributed by atoms with Gasteiger partial charge < -0.3 is 19.7 Å². The highest BCUT2D eigenvalue weighted by atomic mass is 35.5. The molecular weight excluding hydrogens is 394 g/mol. The maximum absolute atomic E-state index is 12.6. The summed E-state index contributed by atoms with van der Waals surface area (Å²) in [6, 6.07) is 13.7. The average molecular weight is 414 g/mol. The van der Waals surface area contributed by atoms with Crippen LogP contribution in [0.2, 0.25) is 5.02 Å². The Bertz CT molecular complexity index is 1070. The number of carbonyl (C=O) groups is 2. The lowest BCUT2D eigenvalue weighted by molar-refractivity contribution is -0.119. The highest BCUT2D eigenvalue weighted by Crippen LogP contribution is 2.27. The predicted molar refractivity (Wildman–Crippen MR) is 113 cm³/mol. The molecule has 3 rings (SSSR count). The molecule has 0 spiro atoms. The van der Waals surface area contributed by atoms with Gasteiger partial charge in [-0.2, -0.15) is 0 Å². The molecule has 1 aromatic heterocycles. The highest BCUT2D eigenvalue weighted by molar-refractivity contribution is 6.32. The van der Waals surface area contributed by atoms with Crippen LogP contribution in [0.15, 0.2) is 48.5 Å². The lowest BCUT2D eigenvalue weighted by atomic mass is 10.1. The summed E-state index contributed by atoms with van der Waals surface area (Å²) in [4.78, 5) is 31.1. The van der Waals surface area contributed by atoms with Gasteiger partial charge in [0.05, 0.1) is 23.2 Å². The molecule has 2 aromatic carbocycles. The van der Waals surface area contributed by atoms with Crippen LogP contribution >= 0.6 is 11.6 Å². The van der Waals surface area contributed by atoms with Crippen LogP contribution in [0, 0.1) is 0 Å². The SMILES string of the molecule is COc1ccc(NC(=O)COC(=O)c2cc(N(C)C)nc3ccccc23)cc1Cl. The van der Waals surface area contributed by atoms with Crippen LogP contribution in [0.3, 0.4) is 0 Å². The Balaban J connectivity index is 1.72. The van der Waals surface area contributed by atoms with Gasteiger partial charge in [0.25, 0.3) is 5.91 Å². The van der Waals surface area contributed by atoms with Crippen molar-refractivity contribution in [2.75, 3.05) is 38.0 Å². The second kappa shape index (κ2) is 8.79. The van der Waals surface area contributed by atoms with E-state index in [1.54, 1.807) is 35.2 Å². The number of anilines is 2. The third-order valence-electron chi connectivity index (χ3n) is 4.15. The van der Waals surface area contributed by atoms with E-state index in [1.165, 1.54) is 7.11 Å². The Morgan fingerprint density at radius 2 is 1.90 bits per heavy atom. The van der Waals surface area contributed by atoms with Gasteiger partial charge in [0.15, 0.2) is 6.61 Å². The zero-order valence-corrected chi connectivity index (χ0v) is 17.0. The fourth-order valence-electron chi connectivity index (χ4n) is 2.71. The molecule has 3 aromatic rings. The van der Waals surface area contributed by atoms with Crippen molar-refractivity contribution in [3.63, 3.8) is 0 Å². The molecule has 8 heteroatoms. The molecule has 0 saturated carbocycles. The predicted octanol–water partition coefficient (Wildman–Crippen LogP) is 3.76. The molecule has 1 N–H and O–H groups in total. The standard InChI is InChI=1S/C21H20ClN3O4/c1-25(2)19-11-15(14-6-4-5-7-17(14)24-19)21(27)29-12-20(26)23-13-8-9-18(28-3)16(22)10-13/h4-11H,12H2,1-3H3,(H,23,26). The van der Waals surface area contributed by atoms with Crippen LogP contribution in [0.5, 0.6) is 5.75 Å². The van der Waals surface area contributed by atoms with Gasteiger partial charge in [-0.15, -0.1) is 0 Å². The van der Waals surface area contributed by atoms with Crippen LogP contribution in [0.1, 0.15) is 10.4 Å². The van der Waals surface area contributed by atoms with Crippen LogP contribution in [-0.4, -0.2) is 44.7 Å². The minimum Gasteiger partial charge on any atom is -0.495 e. The first kappa shape index (κ1) is 20.4. The van der Waals surface area contributed by atoms with E-state index >= 15 is 0 Å². The normalized spacial score (nSPS) is 10.5. The fraction of sp³-hybridized carbons (Fsp3) is 0.190. The van der Waals surface area contributed by atoms with Crippen molar-refractivity contribution in [3.8, 4) is 5.75 Å². The summed E-state index contributed by atoms with van der Waals surface area (Å²) in [6.07, 6.45) is 0. The second-order valence-electron chi connectivity index (χ2n) is 6.41. The number of nitrogens with zero attached hydrogens (tertiary/aromatic N) is 2. The Hall–Kier alpha value is -3.32. The fourth-order valence-corrected chi connectivity index (χ4v) is 2.97. The van der Waals surface area contributed by atoms with Crippen molar-refractivity contribution in [1.29, 1.82) is 0 Å². The number of hydrogen-bond donors (Lipinski definition) is 1. The number of methoxy groups -OCH3 is 1. The van der Waals surface area contributed by atoms with Crippen LogP contribution in [0.25, 0.3) is 10.9 Å². The van der Waals surface area contributed by atoms with Crippen molar-refractivity contribution in [1.82, 2.24) is 4.98 Å². The van der Waals surface area contributed by atoms with Gasteiger partial charge in [-0.1, -0.05) is 29.8 Å². The van der Waals surface area contributed by atoms with Gasteiger partial charge in [0.2, 0.25) is 0 Å². The number of ether oxygens (including phenoxy) is 2. The number of pyridine rings is 1. The molecule has 0 aliphatic carbocycles. The largest absolute Gasteiger partial charge is 0.495 e. The van der Waals surface area contributed by atoms with Gasteiger partial charge in [-0.05, 0) is 30.3 Å². The number of esters is 1. The highest BCUT2D eigenvalue weighted by Gasteiger charge is 2.17. The maximum Gasteiger partial charge on any atom is 0.339 e. The number of aromatic nitrogens is 1. The van der Waals surface area contributed by atoms with Crippen molar-refractivity contribution in [3.05, 3.63) is 59.1 Å². The maximum atomic E-state index is 12.6. The van der Waals surface area contributed by atoms with Gasteiger partial charge >= 0.3 is 5.97 Å². The van der Waals surface area contributed by atoms with Gasteiger partial charge in [0.1, 0.15) is 11.6 Å². The molecule has 1 heterocycles. The van der Waals surface area contributed by atoms with E-state index in [-0.39, 0.29) is 0 Å². The molecule has 0 fully saturated rings. The number of para-hydroxylation sites is 1. The molecule has 0 atom stereocenters. The van der Waals surface area contributed by atoms with Crippen molar-refractivity contribution >= 4 is 45.9 Å². The summed E-state index contributed by atoms with van der Waals surface area (Å²) < 4.78 is 10.3. The first-order valence-electron chi connectivity index (χ1n) is 8.76. The summed E-state index contributed by atoms with van der Waals surface area (Å²) in [7, 11) is 5.17. The minimum absolute atomic E-state index is 0.347. The summed E-state index contributed by atoms with van der Waals surface area (Å²) in [6.45, 7) is -0.434. The molecule has 0 radical (unpaired) electrons. The number of rotatable bonds is 6. The zero-order chi connectivity index (χ0) is 21.0. The molecular formula is C21H20ClN3O4. The molecule has 0 aliphatic rings. The topological polar surface area (TPSA) is 80.8 Å². The quantitative estimate of drug-likeness (QED) is 0.620. The Morgan fingerprint density at radius 3 is 2.59 bits per heavy atom. The van der Waals surface area contributed by atoms with E-state index in [0.717, 1.165) is 0 Å². The molecule has 7 nitrogen and oxygen atoms in total. The Labute approximate surface area is 173 Å². The lowest BCUT2D eigenvalue weighted by Crippen LogP contribution is -2.21. The molecule has 0 aliphatic heterocycles. The third-order valence-corrected chi connectivity index (χ3v) is 4.45. The number of fused-ring (bicyclic) bond motifs is 1. The molecule has 0 unspecified atom stereocenters. The molecule has 0 bridgehead atoms. The minimum atomic E-state index is -0.602. The molecule has 0 saturated heterocycles. The van der Waals surface area contributed by atoms with Crippen molar-refractivity contribution < 1.29 is 19.1 Å². The van der Waals surface area contributed by atoms with E-state index in [4.69, 9.17) is 21.1 Å². The monoisotopic (exact) mass is 413 g/mol. The Morgan fingerprint density at radius 1 is 1.14 bits per heavy atom. The summed E-state index contributed by atoms with van der Waals surface area (Å²) >= 11 is 6.04.